The number of carbonyl (C=O) groups excluding carboxylic acids is 1. The number of β-lactam (4-membered cyclic amide) rings is 1. The smallest absolute Gasteiger partial charge is 0.224 e. The SMILES string of the molecule is O=C1C[C@H]2CC=CCCN12. The molecule has 0 N–H and O–H groups in total. The summed E-state index contributed by atoms with van der Waals surface area (Å²) >= 11 is 0. The third-order valence-electron chi connectivity index (χ3n) is 2.28. The maximum Gasteiger partial charge on any atom is 0.224 e. The lowest BCUT2D eigenvalue weighted by atomic mass is 10.00. The number of carbonyl (C=O) groups is 1. The van der Waals surface area contributed by atoms with E-state index in [1.807, 2.05) is 4.90 Å². The Morgan fingerprint density at radius 3 is 3.20 bits per heavy atom. The number of nitrogens with zero attached hydrogens (tertiary/aromatic N) is 1. The molecule has 0 saturated carbocycles. The van der Waals surface area contributed by atoms with Gasteiger partial charge in [0.15, 0.2) is 0 Å². The zero-order valence-electron chi connectivity index (χ0n) is 5.92. The summed E-state index contributed by atoms with van der Waals surface area (Å²) in [7, 11) is 0. The number of fused-ring (bicyclic) bond motifs is 1. The molecule has 1 atom stereocenters. The van der Waals surface area contributed by atoms with Crippen molar-refractivity contribution in [3.8, 4) is 0 Å². The molecule has 2 aliphatic rings. The minimum absolute atomic E-state index is 0.341. The highest BCUT2D eigenvalue weighted by Gasteiger charge is 2.34. The molecule has 2 heteroatoms. The van der Waals surface area contributed by atoms with Crippen LogP contribution in [0.1, 0.15) is 19.3 Å². The zero-order chi connectivity index (χ0) is 6.97. The maximum absolute atomic E-state index is 10.9. The van der Waals surface area contributed by atoms with E-state index in [4.69, 9.17) is 0 Å². The first kappa shape index (κ1) is 5.96. The van der Waals surface area contributed by atoms with E-state index < -0.39 is 0 Å². The van der Waals surface area contributed by atoms with Crippen molar-refractivity contribution in [3.05, 3.63) is 12.2 Å². The van der Waals surface area contributed by atoms with Crippen molar-refractivity contribution in [1.29, 1.82) is 0 Å². The Hall–Kier alpha value is -0.790. The average Bonchev–Trinajstić information content (AvgIpc) is 2.09. The molecule has 2 nitrogen and oxygen atoms in total. The largest absolute Gasteiger partial charge is 0.339 e. The molecular weight excluding hydrogens is 126 g/mol. The number of hydrogen-bond acceptors (Lipinski definition) is 1. The highest BCUT2D eigenvalue weighted by Crippen LogP contribution is 2.24. The van der Waals surface area contributed by atoms with Gasteiger partial charge in [0, 0.05) is 19.0 Å². The molecule has 1 saturated heterocycles. The highest BCUT2D eigenvalue weighted by molar-refractivity contribution is 5.83. The first-order valence-corrected chi connectivity index (χ1v) is 3.82. The average molecular weight is 137 g/mol. The highest BCUT2D eigenvalue weighted by atomic mass is 16.2. The zero-order valence-corrected chi connectivity index (χ0v) is 5.92. The number of amides is 1. The lowest BCUT2D eigenvalue weighted by molar-refractivity contribution is -0.145. The molecule has 10 heavy (non-hydrogen) atoms. The van der Waals surface area contributed by atoms with Gasteiger partial charge in [-0.3, -0.25) is 4.79 Å². The van der Waals surface area contributed by atoms with Crippen molar-refractivity contribution >= 4 is 5.91 Å². The molecule has 0 aromatic rings. The van der Waals surface area contributed by atoms with Gasteiger partial charge in [-0.2, -0.15) is 0 Å². The number of rotatable bonds is 0. The summed E-state index contributed by atoms with van der Waals surface area (Å²) in [6, 6.07) is 0.547. The molecule has 0 spiro atoms. The molecule has 0 radical (unpaired) electrons. The van der Waals surface area contributed by atoms with Crippen LogP contribution >= 0.6 is 0 Å². The normalized spacial score (nSPS) is 31.0. The van der Waals surface area contributed by atoms with E-state index >= 15 is 0 Å². The molecule has 1 fully saturated rings. The third-order valence-corrected chi connectivity index (χ3v) is 2.28. The van der Waals surface area contributed by atoms with Crippen LogP contribution in [0, 0.1) is 0 Å². The van der Waals surface area contributed by atoms with Gasteiger partial charge in [0.05, 0.1) is 0 Å². The Morgan fingerprint density at radius 2 is 2.40 bits per heavy atom. The Balaban J connectivity index is 2.05. The lowest BCUT2D eigenvalue weighted by Gasteiger charge is -2.39. The summed E-state index contributed by atoms with van der Waals surface area (Å²) in [5.41, 5.74) is 0. The van der Waals surface area contributed by atoms with Gasteiger partial charge in [0.2, 0.25) is 5.91 Å². The predicted molar refractivity (Wildman–Crippen MR) is 38.5 cm³/mol. The molecule has 0 aliphatic carbocycles. The van der Waals surface area contributed by atoms with Crippen LogP contribution in [0.3, 0.4) is 0 Å². The molecule has 2 heterocycles. The van der Waals surface area contributed by atoms with Gasteiger partial charge in [-0.05, 0) is 12.8 Å². The molecular formula is C8H11NO. The molecule has 0 aromatic carbocycles. The van der Waals surface area contributed by atoms with Crippen LogP contribution in [-0.4, -0.2) is 23.4 Å². The van der Waals surface area contributed by atoms with Gasteiger partial charge in [-0.25, -0.2) is 0 Å². The monoisotopic (exact) mass is 137 g/mol. The second-order valence-electron chi connectivity index (χ2n) is 2.94. The predicted octanol–water partition coefficient (Wildman–Crippen LogP) is 0.937. The second kappa shape index (κ2) is 2.11. The van der Waals surface area contributed by atoms with Crippen LogP contribution in [0.4, 0.5) is 0 Å². The van der Waals surface area contributed by atoms with Crippen LogP contribution in [0.15, 0.2) is 12.2 Å². The Morgan fingerprint density at radius 1 is 1.50 bits per heavy atom. The van der Waals surface area contributed by atoms with Crippen molar-refractivity contribution in [1.82, 2.24) is 4.90 Å². The fourth-order valence-corrected chi connectivity index (χ4v) is 1.62. The van der Waals surface area contributed by atoms with Crippen molar-refractivity contribution in [2.75, 3.05) is 6.54 Å². The van der Waals surface area contributed by atoms with Gasteiger partial charge in [0.25, 0.3) is 0 Å². The van der Waals surface area contributed by atoms with Gasteiger partial charge in [-0.1, -0.05) is 12.2 Å². The standard InChI is InChI=1S/C8H11NO/c10-8-6-7-4-2-1-3-5-9(7)8/h1-2,7H,3-6H2/t7-/m1/s1. The van der Waals surface area contributed by atoms with Crippen LogP contribution in [0.25, 0.3) is 0 Å². The van der Waals surface area contributed by atoms with Crippen LogP contribution in [-0.2, 0) is 4.79 Å². The van der Waals surface area contributed by atoms with E-state index in [1.54, 1.807) is 0 Å². The Labute approximate surface area is 60.5 Å². The summed E-state index contributed by atoms with van der Waals surface area (Å²) in [5, 5.41) is 0. The summed E-state index contributed by atoms with van der Waals surface area (Å²) in [6.45, 7) is 0.944. The van der Waals surface area contributed by atoms with Crippen molar-refractivity contribution in [2.24, 2.45) is 0 Å². The van der Waals surface area contributed by atoms with E-state index in [0.717, 1.165) is 25.8 Å². The molecule has 1 amide bonds. The van der Waals surface area contributed by atoms with Crippen LogP contribution in [0.5, 0.6) is 0 Å². The van der Waals surface area contributed by atoms with Crippen LogP contribution in [0.2, 0.25) is 0 Å². The Bertz CT molecular complexity index is 186. The first-order chi connectivity index (χ1) is 4.88. The molecule has 2 aliphatic heterocycles. The summed E-state index contributed by atoms with van der Waals surface area (Å²) in [5.74, 6) is 0.341. The summed E-state index contributed by atoms with van der Waals surface area (Å²) < 4.78 is 0. The Kier molecular flexibility index (Phi) is 1.26. The number of hydrogen-bond donors (Lipinski definition) is 0. The van der Waals surface area contributed by atoms with E-state index in [0.29, 0.717) is 11.9 Å². The molecule has 54 valence electrons. The van der Waals surface area contributed by atoms with E-state index in [-0.39, 0.29) is 0 Å². The summed E-state index contributed by atoms with van der Waals surface area (Å²) in [4.78, 5) is 12.9. The van der Waals surface area contributed by atoms with Crippen LogP contribution < -0.4 is 0 Å². The van der Waals surface area contributed by atoms with E-state index in [2.05, 4.69) is 12.2 Å². The molecule has 0 aromatic heterocycles. The quantitative estimate of drug-likeness (QED) is 0.359. The van der Waals surface area contributed by atoms with Gasteiger partial charge in [-0.15, -0.1) is 0 Å². The van der Waals surface area contributed by atoms with Crippen molar-refractivity contribution in [3.63, 3.8) is 0 Å². The molecule has 0 bridgehead atoms. The van der Waals surface area contributed by atoms with Crippen molar-refractivity contribution < 1.29 is 4.79 Å². The minimum atomic E-state index is 0.341. The fourth-order valence-electron chi connectivity index (χ4n) is 1.62. The lowest BCUT2D eigenvalue weighted by Crippen LogP contribution is -2.51. The molecule has 2 rings (SSSR count). The van der Waals surface area contributed by atoms with Crippen molar-refractivity contribution in [2.45, 2.75) is 25.3 Å². The van der Waals surface area contributed by atoms with Gasteiger partial charge < -0.3 is 4.90 Å². The van der Waals surface area contributed by atoms with Gasteiger partial charge >= 0.3 is 0 Å². The topological polar surface area (TPSA) is 20.3 Å². The first-order valence-electron chi connectivity index (χ1n) is 3.82. The third kappa shape index (κ3) is 0.753. The van der Waals surface area contributed by atoms with E-state index in [1.165, 1.54) is 0 Å². The maximum atomic E-state index is 10.9. The van der Waals surface area contributed by atoms with E-state index in [9.17, 15) is 4.79 Å². The fraction of sp³-hybridized carbons (Fsp3) is 0.625. The van der Waals surface area contributed by atoms with Gasteiger partial charge in [0.1, 0.15) is 0 Å². The summed E-state index contributed by atoms with van der Waals surface area (Å²) in [6.07, 6.45) is 7.26. The second-order valence-corrected chi connectivity index (χ2v) is 2.94. The minimum Gasteiger partial charge on any atom is -0.339 e. The molecule has 0 unspecified atom stereocenters.